The third-order valence-corrected chi connectivity index (χ3v) is 3.05. The maximum absolute atomic E-state index is 11.3. The lowest BCUT2D eigenvalue weighted by Crippen LogP contribution is -2.40. The van der Waals surface area contributed by atoms with Crippen LogP contribution in [-0.2, 0) is 9.53 Å². The van der Waals surface area contributed by atoms with Crippen LogP contribution in [-0.4, -0.2) is 62.2 Å². The number of nitrogens with two attached hydrogens (primary N) is 1. The maximum Gasteiger partial charge on any atom is 0.269 e. The zero-order chi connectivity index (χ0) is 15.0. The molecule has 0 radical (unpaired) electrons. The molecule has 0 spiro atoms. The fourth-order valence-electron chi connectivity index (χ4n) is 1.76. The molecule has 112 valence electrons. The lowest BCUT2D eigenvalue weighted by Gasteiger charge is -2.26. The molecule has 8 heteroatoms. The van der Waals surface area contributed by atoms with Crippen LogP contribution in [0.5, 0.6) is 0 Å². The number of morpholine rings is 1. The van der Waals surface area contributed by atoms with E-state index in [0.29, 0.717) is 12.2 Å². The van der Waals surface area contributed by atoms with E-state index in [0.717, 1.165) is 32.8 Å². The number of amides is 1. The monoisotopic (exact) mass is 301 g/mol. The van der Waals surface area contributed by atoms with Gasteiger partial charge in [0.2, 0.25) is 5.29 Å². The van der Waals surface area contributed by atoms with Gasteiger partial charge in [-0.15, -0.1) is 0 Å². The number of carbonyl (C=O) groups excluding carboxylic acids is 1. The highest BCUT2D eigenvalue weighted by molar-refractivity contribution is 6.65. The van der Waals surface area contributed by atoms with Crippen molar-refractivity contribution in [1.82, 2.24) is 10.2 Å². The van der Waals surface area contributed by atoms with Crippen LogP contribution in [0.3, 0.4) is 0 Å². The van der Waals surface area contributed by atoms with Crippen molar-refractivity contribution in [2.75, 3.05) is 39.4 Å². The molecule has 1 saturated heterocycles. The summed E-state index contributed by atoms with van der Waals surface area (Å²) in [6.45, 7) is 9.82. The first-order valence-corrected chi connectivity index (χ1v) is 6.68. The van der Waals surface area contributed by atoms with Crippen molar-refractivity contribution in [3.63, 3.8) is 0 Å². The molecule has 0 aromatic heterocycles. The predicted octanol–water partition coefficient (Wildman–Crippen LogP) is -0.0796. The first-order chi connectivity index (χ1) is 9.54. The third kappa shape index (κ3) is 5.68. The molecule has 3 N–H and O–H groups in total. The average Bonchev–Trinajstić information content (AvgIpc) is 2.45. The molecular formula is C12H20ClN5O2. The Hall–Kier alpha value is -1.44. The predicted molar refractivity (Wildman–Crippen MR) is 80.0 cm³/mol. The normalized spacial score (nSPS) is 18.4. The maximum atomic E-state index is 11.3. The zero-order valence-electron chi connectivity index (χ0n) is 11.6. The van der Waals surface area contributed by atoms with Gasteiger partial charge in [0, 0.05) is 31.9 Å². The summed E-state index contributed by atoms with van der Waals surface area (Å²) in [6, 6.07) is 0. The van der Waals surface area contributed by atoms with Crippen LogP contribution in [0.4, 0.5) is 0 Å². The van der Waals surface area contributed by atoms with Gasteiger partial charge in [-0.25, -0.2) is 9.98 Å². The van der Waals surface area contributed by atoms with Gasteiger partial charge in [0.05, 0.1) is 13.2 Å². The highest BCUT2D eigenvalue weighted by Gasteiger charge is 2.11. The van der Waals surface area contributed by atoms with Crippen LogP contribution < -0.4 is 11.1 Å². The van der Waals surface area contributed by atoms with E-state index in [1.165, 1.54) is 0 Å². The molecule has 1 fully saturated rings. The van der Waals surface area contributed by atoms with Crippen molar-refractivity contribution in [2.45, 2.75) is 6.92 Å². The van der Waals surface area contributed by atoms with Gasteiger partial charge in [-0.2, -0.15) is 0 Å². The Bertz CT molecular complexity index is 416. The Kier molecular flexibility index (Phi) is 7.21. The van der Waals surface area contributed by atoms with E-state index >= 15 is 0 Å². The van der Waals surface area contributed by atoms with Crippen LogP contribution in [0, 0.1) is 0 Å². The van der Waals surface area contributed by atoms with Gasteiger partial charge in [0.15, 0.2) is 0 Å². The van der Waals surface area contributed by atoms with Gasteiger partial charge < -0.3 is 15.8 Å². The van der Waals surface area contributed by atoms with Crippen LogP contribution in [0.2, 0.25) is 0 Å². The van der Waals surface area contributed by atoms with E-state index in [1.54, 1.807) is 6.92 Å². The van der Waals surface area contributed by atoms with Crippen LogP contribution >= 0.6 is 11.6 Å². The van der Waals surface area contributed by atoms with Crippen molar-refractivity contribution in [2.24, 2.45) is 15.7 Å². The van der Waals surface area contributed by atoms with Crippen LogP contribution in [0.1, 0.15) is 6.92 Å². The number of amidine groups is 1. The summed E-state index contributed by atoms with van der Waals surface area (Å²) >= 11 is 5.63. The molecule has 0 unspecified atom stereocenters. The number of nitrogens with one attached hydrogen (secondary N) is 1. The van der Waals surface area contributed by atoms with Crippen molar-refractivity contribution in [1.29, 1.82) is 0 Å². The molecule has 1 heterocycles. The number of halogens is 1. The summed E-state index contributed by atoms with van der Waals surface area (Å²) in [5.74, 6) is -0.664. The van der Waals surface area contributed by atoms with Crippen LogP contribution in [0.15, 0.2) is 21.4 Å². The summed E-state index contributed by atoms with van der Waals surface area (Å²) in [5.41, 5.74) is 5.89. The molecule has 0 atom stereocenters. The number of rotatable bonds is 6. The summed E-state index contributed by atoms with van der Waals surface area (Å²) in [6.07, 6.45) is 0. The lowest BCUT2D eigenvalue weighted by atomic mass is 10.3. The number of hydrogen-bond donors (Lipinski definition) is 2. The highest BCUT2D eigenvalue weighted by atomic mass is 35.5. The summed E-state index contributed by atoms with van der Waals surface area (Å²) in [7, 11) is 0. The zero-order valence-corrected chi connectivity index (χ0v) is 12.3. The Morgan fingerprint density at radius 2 is 2.15 bits per heavy atom. The minimum atomic E-state index is -0.664. The number of hydrogen-bond acceptors (Lipinski definition) is 5. The van der Waals surface area contributed by atoms with Crippen LogP contribution in [0.25, 0.3) is 0 Å². The second-order valence-corrected chi connectivity index (χ2v) is 4.60. The van der Waals surface area contributed by atoms with Crippen molar-refractivity contribution in [3.8, 4) is 0 Å². The summed E-state index contributed by atoms with van der Waals surface area (Å²) in [5, 5.41) is 2.99. The number of nitrogens with zero attached hydrogens (tertiary/aromatic N) is 3. The van der Waals surface area contributed by atoms with E-state index in [1.807, 2.05) is 0 Å². The van der Waals surface area contributed by atoms with Gasteiger partial charge >= 0.3 is 0 Å². The fourth-order valence-corrected chi connectivity index (χ4v) is 1.85. The van der Waals surface area contributed by atoms with E-state index in [2.05, 4.69) is 26.9 Å². The van der Waals surface area contributed by atoms with Gasteiger partial charge in [0.1, 0.15) is 5.70 Å². The fraction of sp³-hybridized carbons (Fsp3) is 0.583. The smallest absolute Gasteiger partial charge is 0.269 e. The van der Waals surface area contributed by atoms with E-state index < -0.39 is 5.91 Å². The summed E-state index contributed by atoms with van der Waals surface area (Å²) in [4.78, 5) is 20.8. The molecule has 0 aliphatic carbocycles. The quantitative estimate of drug-likeness (QED) is 0.311. The van der Waals surface area contributed by atoms with Gasteiger partial charge in [-0.3, -0.25) is 9.69 Å². The lowest BCUT2D eigenvalue weighted by molar-refractivity contribution is -0.114. The van der Waals surface area contributed by atoms with Crippen molar-refractivity contribution in [3.05, 3.63) is 11.4 Å². The van der Waals surface area contributed by atoms with Gasteiger partial charge in [-0.1, -0.05) is 0 Å². The second kappa shape index (κ2) is 8.68. The topological polar surface area (TPSA) is 92.3 Å². The van der Waals surface area contributed by atoms with E-state index in [9.17, 15) is 4.79 Å². The first kappa shape index (κ1) is 16.6. The molecule has 1 aliphatic heterocycles. The number of primary amides is 1. The third-order valence-electron chi connectivity index (χ3n) is 2.85. The minimum Gasteiger partial charge on any atom is -0.385 e. The Morgan fingerprint density at radius 3 is 2.70 bits per heavy atom. The SMILES string of the molecule is C=NC(Cl)=N/C(C(N)=O)=C(\C)NCCN1CCOCC1. The Morgan fingerprint density at radius 1 is 1.50 bits per heavy atom. The van der Waals surface area contributed by atoms with Crippen molar-refractivity contribution >= 4 is 29.5 Å². The average molecular weight is 302 g/mol. The number of allylic oxidation sites excluding steroid dienone is 1. The number of aliphatic imine (C=N–C) groups is 2. The van der Waals surface area contributed by atoms with E-state index in [4.69, 9.17) is 22.1 Å². The van der Waals surface area contributed by atoms with Gasteiger partial charge in [-0.05, 0) is 25.2 Å². The van der Waals surface area contributed by atoms with Crippen molar-refractivity contribution < 1.29 is 9.53 Å². The molecule has 0 saturated carbocycles. The molecule has 20 heavy (non-hydrogen) atoms. The molecule has 0 aromatic rings. The first-order valence-electron chi connectivity index (χ1n) is 6.30. The summed E-state index contributed by atoms with van der Waals surface area (Å²) < 4.78 is 5.27. The number of carbonyl (C=O) groups is 1. The molecule has 1 aliphatic rings. The molecule has 1 amide bonds. The molecule has 1 rings (SSSR count). The largest absolute Gasteiger partial charge is 0.385 e. The van der Waals surface area contributed by atoms with E-state index in [-0.39, 0.29) is 11.0 Å². The minimum absolute atomic E-state index is 0.0596. The standard InChI is InChI=1S/C12H20ClN5O2/c1-9(10(11(14)19)17-12(13)15-2)16-3-4-18-5-7-20-8-6-18/h16H,2-8H2,1H3,(H2,14,19)/b10-9+,17-12?. The molecule has 0 aromatic carbocycles. The Balaban J connectivity index is 2.55. The molecular weight excluding hydrogens is 282 g/mol. The molecule has 7 nitrogen and oxygen atoms in total. The second-order valence-electron chi connectivity index (χ2n) is 4.26. The highest BCUT2D eigenvalue weighted by Crippen LogP contribution is 2.05. The molecule has 0 bridgehead atoms. The van der Waals surface area contributed by atoms with Gasteiger partial charge in [0.25, 0.3) is 5.91 Å². The Labute approximate surface area is 123 Å². The number of ether oxygens (including phenoxy) is 1.